The van der Waals surface area contributed by atoms with E-state index in [2.05, 4.69) is 10.3 Å². The fourth-order valence-electron chi connectivity index (χ4n) is 4.93. The first kappa shape index (κ1) is 28.6. The molecule has 1 aromatic carbocycles. The molecule has 1 aliphatic carbocycles. The van der Waals surface area contributed by atoms with Gasteiger partial charge in [-0.3, -0.25) is 18.9 Å². The summed E-state index contributed by atoms with van der Waals surface area (Å²) < 4.78 is 44.8. The summed E-state index contributed by atoms with van der Waals surface area (Å²) in [6.07, 6.45) is 4.59. The number of carbonyl (C=O) groups excluding carboxylic acids is 2. The van der Waals surface area contributed by atoms with Gasteiger partial charge in [-0.15, -0.1) is 11.3 Å². The zero-order valence-corrected chi connectivity index (χ0v) is 23.1. The van der Waals surface area contributed by atoms with Gasteiger partial charge in [-0.05, 0) is 56.2 Å². The number of nitrogens with one attached hydrogen (secondary N) is 2. The number of hydrogen-bond acceptors (Lipinski definition) is 8. The van der Waals surface area contributed by atoms with E-state index in [1.165, 1.54) is 23.5 Å². The fourth-order valence-corrected chi connectivity index (χ4v) is 6.32. The topological polar surface area (TPSA) is 144 Å². The number of amides is 1. The largest absolute Gasteiger partial charge is 0.375 e. The average Bonchev–Trinajstić information content (AvgIpc) is 3.25. The molecule has 2 aromatic rings. The summed E-state index contributed by atoms with van der Waals surface area (Å²) in [7, 11) is -4.36. The third-order valence-electron chi connectivity index (χ3n) is 6.94. The average molecular weight is 566 g/mol. The minimum absolute atomic E-state index is 0.0462. The Morgan fingerprint density at radius 3 is 2.55 bits per heavy atom. The number of anilines is 1. The molecule has 208 valence electrons. The second-order valence-electron chi connectivity index (χ2n) is 9.78. The van der Waals surface area contributed by atoms with E-state index >= 15 is 0 Å². The summed E-state index contributed by atoms with van der Waals surface area (Å²) in [5, 5.41) is 5.78. The predicted molar refractivity (Wildman–Crippen MR) is 143 cm³/mol. The highest BCUT2D eigenvalue weighted by Crippen LogP contribution is 2.32. The van der Waals surface area contributed by atoms with E-state index in [-0.39, 0.29) is 48.3 Å². The van der Waals surface area contributed by atoms with E-state index in [1.807, 2.05) is 17.0 Å². The van der Waals surface area contributed by atoms with Crippen molar-refractivity contribution in [1.29, 1.82) is 0 Å². The second-order valence-corrected chi connectivity index (χ2v) is 11.8. The molecule has 4 atom stereocenters. The normalized spacial score (nSPS) is 22.6. The molecule has 2 heterocycles. The van der Waals surface area contributed by atoms with Crippen molar-refractivity contribution in [3.63, 3.8) is 0 Å². The van der Waals surface area contributed by atoms with Crippen LogP contribution >= 0.6 is 11.3 Å². The summed E-state index contributed by atoms with van der Waals surface area (Å²) in [4.78, 5) is 30.5. The molecule has 0 bridgehead atoms. The van der Waals surface area contributed by atoms with Crippen LogP contribution in [0.5, 0.6) is 0 Å². The maximum atomic E-state index is 12.9. The monoisotopic (exact) mass is 565 g/mol. The van der Waals surface area contributed by atoms with Gasteiger partial charge in [-0.25, -0.2) is 4.98 Å². The molecule has 10 nitrogen and oxygen atoms in total. The fraction of sp³-hybridized carbons (Fsp3) is 0.577. The van der Waals surface area contributed by atoms with Crippen LogP contribution in [0.15, 0.2) is 29.6 Å². The maximum Gasteiger partial charge on any atom is 0.357 e. The van der Waals surface area contributed by atoms with Crippen molar-refractivity contribution < 1.29 is 32.0 Å². The molecule has 0 radical (unpaired) electrons. The summed E-state index contributed by atoms with van der Waals surface area (Å²) in [6.45, 7) is 3.37. The van der Waals surface area contributed by atoms with Crippen LogP contribution in [-0.4, -0.2) is 55.1 Å². The van der Waals surface area contributed by atoms with Crippen LogP contribution in [0.1, 0.15) is 67.8 Å². The minimum atomic E-state index is -4.36. The lowest BCUT2D eigenvalue weighted by atomic mass is 9.81. The number of nitrogens with zero attached hydrogens (tertiary/aromatic N) is 1. The van der Waals surface area contributed by atoms with E-state index in [9.17, 15) is 18.0 Å². The Balaban J connectivity index is 1.34. The number of benzene rings is 1. The molecule has 2 fully saturated rings. The van der Waals surface area contributed by atoms with Gasteiger partial charge in [0.25, 0.3) is 0 Å². The number of ketones is 1. The highest BCUT2D eigenvalue weighted by atomic mass is 32.2. The molecule has 1 aliphatic heterocycles. The van der Waals surface area contributed by atoms with Crippen molar-refractivity contribution in [1.82, 2.24) is 10.3 Å². The quantitative estimate of drug-likeness (QED) is 0.350. The number of thiazole rings is 1. The lowest BCUT2D eigenvalue weighted by molar-refractivity contribution is -0.132. The van der Waals surface area contributed by atoms with E-state index < -0.39 is 16.3 Å². The Bertz CT molecular complexity index is 1200. The third kappa shape index (κ3) is 8.31. The number of Topliss-reactive ketones (excluding diaryl/α,β-unsaturated/α-hetero) is 1. The molecule has 2 aliphatic rings. The van der Waals surface area contributed by atoms with E-state index in [0.29, 0.717) is 26.1 Å². The molecular formula is C26H35N3O7S2. The Kier molecular flexibility index (Phi) is 9.88. The number of aromatic nitrogens is 1. The summed E-state index contributed by atoms with van der Waals surface area (Å²) in [6, 6.07) is 6.13. The van der Waals surface area contributed by atoms with Crippen molar-refractivity contribution in [2.24, 2.45) is 5.92 Å². The Morgan fingerprint density at radius 1 is 1.13 bits per heavy atom. The van der Waals surface area contributed by atoms with Crippen LogP contribution in [0.3, 0.4) is 0 Å². The molecular weight excluding hydrogens is 530 g/mol. The Labute approximate surface area is 227 Å². The number of aryl methyl sites for hydroxylation is 1. The number of ether oxygens (including phenoxy) is 2. The van der Waals surface area contributed by atoms with Gasteiger partial charge >= 0.3 is 10.3 Å². The SMILES string of the molecule is CCc1csc([C@H](Cc2ccc(NS(=O)(=O)O)cc2)NC(=O)CCC(=O)C2CCC3OCCCOC3C2)n1. The van der Waals surface area contributed by atoms with Gasteiger partial charge in [-0.1, -0.05) is 19.1 Å². The van der Waals surface area contributed by atoms with Gasteiger partial charge in [0.05, 0.1) is 29.6 Å². The summed E-state index contributed by atoms with van der Waals surface area (Å²) in [5.41, 5.74) is 2.02. The van der Waals surface area contributed by atoms with E-state index in [0.717, 1.165) is 41.9 Å². The molecule has 1 saturated carbocycles. The first-order valence-electron chi connectivity index (χ1n) is 13.0. The third-order valence-corrected chi connectivity index (χ3v) is 8.44. The summed E-state index contributed by atoms with van der Waals surface area (Å²) >= 11 is 1.47. The first-order chi connectivity index (χ1) is 18.2. The maximum absolute atomic E-state index is 12.9. The predicted octanol–water partition coefficient (Wildman–Crippen LogP) is 3.64. The first-order valence-corrected chi connectivity index (χ1v) is 15.4. The molecule has 3 N–H and O–H groups in total. The highest BCUT2D eigenvalue weighted by Gasteiger charge is 2.36. The molecule has 4 rings (SSSR count). The zero-order chi connectivity index (χ0) is 27.1. The zero-order valence-electron chi connectivity index (χ0n) is 21.4. The van der Waals surface area contributed by atoms with Gasteiger partial charge in [-0.2, -0.15) is 8.42 Å². The highest BCUT2D eigenvalue weighted by molar-refractivity contribution is 7.87. The van der Waals surface area contributed by atoms with E-state index in [1.54, 1.807) is 12.1 Å². The molecule has 1 amide bonds. The molecule has 1 aromatic heterocycles. The lowest BCUT2D eigenvalue weighted by Gasteiger charge is -2.33. The number of carbonyl (C=O) groups is 2. The standard InChI is InChI=1S/C26H35N3O7S2/c1-2-19-16-37-26(27-19)21(14-17-4-7-20(8-5-17)29-38(32,33)34)28-25(31)11-9-22(30)18-6-10-23-24(15-18)36-13-3-12-35-23/h4-5,7-8,16,18,21,23-24,29H,2-3,6,9-15H2,1H3,(H,28,31)(H,32,33,34)/t18?,21-,23?,24?/m0/s1. The minimum Gasteiger partial charge on any atom is -0.375 e. The summed E-state index contributed by atoms with van der Waals surface area (Å²) in [5.74, 6) is -0.237. The van der Waals surface area contributed by atoms with Crippen LogP contribution in [0.25, 0.3) is 0 Å². The Morgan fingerprint density at radius 2 is 1.87 bits per heavy atom. The Hall–Kier alpha value is -2.38. The van der Waals surface area contributed by atoms with Crippen LogP contribution in [0, 0.1) is 5.92 Å². The number of fused-ring (bicyclic) bond motifs is 1. The lowest BCUT2D eigenvalue weighted by Crippen LogP contribution is -2.39. The number of hydrogen-bond donors (Lipinski definition) is 3. The molecule has 1 saturated heterocycles. The second kappa shape index (κ2) is 13.1. The van der Waals surface area contributed by atoms with Gasteiger partial charge in [0.15, 0.2) is 0 Å². The van der Waals surface area contributed by atoms with Crippen LogP contribution < -0.4 is 10.0 Å². The van der Waals surface area contributed by atoms with Gasteiger partial charge in [0.2, 0.25) is 5.91 Å². The van der Waals surface area contributed by atoms with Crippen LogP contribution in [0.4, 0.5) is 5.69 Å². The van der Waals surface area contributed by atoms with Gasteiger partial charge < -0.3 is 14.8 Å². The van der Waals surface area contributed by atoms with Crippen molar-refractivity contribution in [3.8, 4) is 0 Å². The number of rotatable bonds is 11. The van der Waals surface area contributed by atoms with Crippen molar-refractivity contribution >= 4 is 39.0 Å². The van der Waals surface area contributed by atoms with Gasteiger partial charge in [0, 0.05) is 37.4 Å². The molecule has 12 heteroatoms. The van der Waals surface area contributed by atoms with Crippen LogP contribution in [0.2, 0.25) is 0 Å². The molecule has 0 spiro atoms. The van der Waals surface area contributed by atoms with Crippen molar-refractivity contribution in [3.05, 3.63) is 45.9 Å². The van der Waals surface area contributed by atoms with Crippen molar-refractivity contribution in [2.45, 2.75) is 76.5 Å². The molecule has 38 heavy (non-hydrogen) atoms. The smallest absolute Gasteiger partial charge is 0.357 e. The van der Waals surface area contributed by atoms with Crippen molar-refractivity contribution in [2.75, 3.05) is 17.9 Å². The molecule has 3 unspecified atom stereocenters. The van der Waals surface area contributed by atoms with Crippen LogP contribution in [-0.2, 0) is 42.2 Å². The van der Waals surface area contributed by atoms with Gasteiger partial charge in [0.1, 0.15) is 10.8 Å². The van der Waals surface area contributed by atoms with E-state index in [4.69, 9.17) is 14.0 Å².